The fraction of sp³-hybridized carbons (Fsp3) is 0.318. The van der Waals surface area contributed by atoms with Crippen molar-refractivity contribution in [1.29, 1.82) is 0 Å². The van der Waals surface area contributed by atoms with Crippen molar-refractivity contribution in [2.75, 3.05) is 31.1 Å². The number of carbonyl (C=O) groups excluding carboxylic acids is 1. The quantitative estimate of drug-likeness (QED) is 0.433. The average Bonchev–Trinajstić information content (AvgIpc) is 3.47. The zero-order valence-electron chi connectivity index (χ0n) is 17.3. The van der Waals surface area contributed by atoms with Crippen molar-refractivity contribution >= 4 is 34.1 Å². The van der Waals surface area contributed by atoms with Crippen molar-refractivity contribution in [1.82, 2.24) is 29.4 Å². The van der Waals surface area contributed by atoms with Gasteiger partial charge in [0.1, 0.15) is 6.33 Å². The van der Waals surface area contributed by atoms with Gasteiger partial charge in [0.05, 0.1) is 12.9 Å². The molecule has 158 valence electrons. The third-order valence-electron chi connectivity index (χ3n) is 5.57. The molecule has 1 aromatic carbocycles. The van der Waals surface area contributed by atoms with Crippen molar-refractivity contribution in [3.05, 3.63) is 64.6 Å². The summed E-state index contributed by atoms with van der Waals surface area (Å²) in [5.41, 5.74) is 4.04. The van der Waals surface area contributed by atoms with Gasteiger partial charge in [0.2, 0.25) is 5.78 Å². The molecular formula is C22H23N7OS. The number of aryl methyl sites for hydroxylation is 1. The number of hydrogen-bond donors (Lipinski definition) is 0. The Morgan fingerprint density at radius 1 is 1.03 bits per heavy atom. The van der Waals surface area contributed by atoms with E-state index in [1.54, 1.807) is 28.8 Å². The molecule has 9 heteroatoms. The number of Topliss-reactive ketones (excluding diaryl/α,β-unsaturated/α-hetero) is 1. The molecule has 1 aliphatic heterocycles. The van der Waals surface area contributed by atoms with Gasteiger partial charge in [-0.1, -0.05) is 29.8 Å². The molecule has 3 aromatic heterocycles. The van der Waals surface area contributed by atoms with Gasteiger partial charge < -0.3 is 9.47 Å². The van der Waals surface area contributed by atoms with E-state index in [1.165, 1.54) is 22.5 Å². The second-order valence-corrected chi connectivity index (χ2v) is 8.65. The van der Waals surface area contributed by atoms with E-state index in [4.69, 9.17) is 0 Å². The molecule has 1 fully saturated rings. The van der Waals surface area contributed by atoms with E-state index >= 15 is 0 Å². The molecule has 4 aromatic rings. The van der Waals surface area contributed by atoms with Crippen LogP contribution in [-0.2, 0) is 13.1 Å². The molecule has 0 spiro atoms. The molecule has 0 unspecified atom stereocenters. The lowest BCUT2D eigenvalue weighted by molar-refractivity contribution is 0.0973. The van der Waals surface area contributed by atoms with Crippen LogP contribution in [0.2, 0.25) is 0 Å². The Kier molecular flexibility index (Phi) is 5.44. The number of fused-ring (bicyclic) bond motifs is 1. The first-order valence-corrected chi connectivity index (χ1v) is 11.2. The van der Waals surface area contributed by atoms with Crippen LogP contribution >= 0.6 is 11.3 Å². The van der Waals surface area contributed by atoms with E-state index in [0.29, 0.717) is 10.7 Å². The van der Waals surface area contributed by atoms with Crippen LogP contribution in [0.1, 0.15) is 20.9 Å². The van der Waals surface area contributed by atoms with Gasteiger partial charge in [-0.05, 0) is 12.5 Å². The number of ketones is 1. The Labute approximate surface area is 184 Å². The van der Waals surface area contributed by atoms with E-state index in [0.717, 1.165) is 44.1 Å². The molecule has 31 heavy (non-hydrogen) atoms. The molecule has 8 nitrogen and oxygen atoms in total. The van der Waals surface area contributed by atoms with Crippen molar-refractivity contribution in [3.8, 4) is 0 Å². The lowest BCUT2D eigenvalue weighted by atomic mass is 10.1. The highest BCUT2D eigenvalue weighted by molar-refractivity contribution is 7.11. The van der Waals surface area contributed by atoms with E-state index in [-0.39, 0.29) is 12.3 Å². The van der Waals surface area contributed by atoms with Crippen molar-refractivity contribution in [2.24, 2.45) is 0 Å². The first-order valence-electron chi connectivity index (χ1n) is 10.3. The van der Waals surface area contributed by atoms with Crippen LogP contribution < -0.4 is 4.90 Å². The van der Waals surface area contributed by atoms with E-state index in [2.05, 4.69) is 60.9 Å². The normalized spacial score (nSPS) is 14.9. The van der Waals surface area contributed by atoms with Gasteiger partial charge in [-0.15, -0.1) is 11.3 Å². The number of thiazole rings is 1. The van der Waals surface area contributed by atoms with E-state index in [1.807, 2.05) is 0 Å². The Morgan fingerprint density at radius 3 is 2.58 bits per heavy atom. The first-order chi connectivity index (χ1) is 15.2. The zero-order chi connectivity index (χ0) is 21.2. The van der Waals surface area contributed by atoms with Crippen molar-refractivity contribution in [3.63, 3.8) is 0 Å². The maximum Gasteiger partial charge on any atom is 0.211 e. The predicted molar refractivity (Wildman–Crippen MR) is 120 cm³/mol. The third-order valence-corrected chi connectivity index (χ3v) is 6.38. The lowest BCUT2D eigenvalue weighted by Crippen LogP contribution is -2.46. The molecule has 0 bridgehead atoms. The second kappa shape index (κ2) is 8.52. The molecule has 0 saturated carbocycles. The summed E-state index contributed by atoms with van der Waals surface area (Å²) in [5.74, 6) is 0.791. The molecule has 1 aliphatic rings. The van der Waals surface area contributed by atoms with Gasteiger partial charge in [-0.25, -0.2) is 19.9 Å². The number of piperazine rings is 1. The number of carbonyl (C=O) groups is 1. The summed E-state index contributed by atoms with van der Waals surface area (Å²) in [4.78, 5) is 34.7. The molecule has 4 heterocycles. The highest BCUT2D eigenvalue weighted by Gasteiger charge is 2.22. The monoisotopic (exact) mass is 433 g/mol. The highest BCUT2D eigenvalue weighted by Crippen LogP contribution is 2.23. The number of hydrogen-bond acceptors (Lipinski definition) is 8. The van der Waals surface area contributed by atoms with Gasteiger partial charge in [0.25, 0.3) is 0 Å². The molecule has 0 radical (unpaired) electrons. The third kappa shape index (κ3) is 4.19. The first kappa shape index (κ1) is 19.8. The van der Waals surface area contributed by atoms with Crippen molar-refractivity contribution < 1.29 is 4.79 Å². The summed E-state index contributed by atoms with van der Waals surface area (Å²) >= 11 is 1.35. The fourth-order valence-corrected chi connectivity index (χ4v) is 4.44. The molecule has 0 amide bonds. The number of nitrogens with zero attached hydrogens (tertiary/aromatic N) is 7. The SMILES string of the molecule is Cc1ccc(CN2CCN(c3ncnc4c3ncn4CC(=O)c3nccs3)CC2)cc1. The van der Waals surface area contributed by atoms with Crippen LogP contribution in [0, 0.1) is 6.92 Å². The number of anilines is 1. The molecule has 1 saturated heterocycles. The van der Waals surface area contributed by atoms with Crippen LogP contribution in [0.15, 0.2) is 48.5 Å². The molecular weight excluding hydrogens is 410 g/mol. The van der Waals surface area contributed by atoms with Gasteiger partial charge in [-0.2, -0.15) is 0 Å². The van der Waals surface area contributed by atoms with Gasteiger partial charge in [0.15, 0.2) is 22.0 Å². The van der Waals surface area contributed by atoms with Crippen LogP contribution in [0.5, 0.6) is 0 Å². The minimum atomic E-state index is -0.0424. The average molecular weight is 434 g/mol. The molecule has 0 N–H and O–H groups in total. The Hall–Kier alpha value is -3.17. The van der Waals surface area contributed by atoms with Gasteiger partial charge in [-0.3, -0.25) is 9.69 Å². The highest BCUT2D eigenvalue weighted by atomic mass is 32.1. The molecule has 5 rings (SSSR count). The predicted octanol–water partition coefficient (Wildman–Crippen LogP) is 2.80. The molecule has 0 atom stereocenters. The van der Waals surface area contributed by atoms with Crippen LogP contribution in [0.3, 0.4) is 0 Å². The Bertz CT molecular complexity index is 1180. The van der Waals surface area contributed by atoms with E-state index in [9.17, 15) is 4.79 Å². The van der Waals surface area contributed by atoms with Crippen LogP contribution in [0.25, 0.3) is 11.2 Å². The van der Waals surface area contributed by atoms with Gasteiger partial charge >= 0.3 is 0 Å². The van der Waals surface area contributed by atoms with Crippen LogP contribution in [-0.4, -0.2) is 61.4 Å². The largest absolute Gasteiger partial charge is 0.352 e. The number of benzene rings is 1. The Morgan fingerprint density at radius 2 is 1.84 bits per heavy atom. The standard InChI is InChI=1S/C22H23N7OS/c1-16-2-4-17(5-3-16)12-27-7-9-28(10-8-27)20-19-21(25-14-24-20)29(15-26-19)13-18(30)22-23-6-11-31-22/h2-6,11,14-15H,7-10,12-13H2,1H3. The smallest absolute Gasteiger partial charge is 0.211 e. The maximum absolute atomic E-state index is 12.4. The number of rotatable bonds is 6. The summed E-state index contributed by atoms with van der Waals surface area (Å²) in [6.07, 6.45) is 4.87. The Balaban J connectivity index is 1.28. The van der Waals surface area contributed by atoms with Gasteiger partial charge in [0, 0.05) is 44.3 Å². The summed E-state index contributed by atoms with van der Waals surface area (Å²) in [7, 11) is 0. The lowest BCUT2D eigenvalue weighted by Gasteiger charge is -2.35. The molecule has 0 aliphatic carbocycles. The summed E-state index contributed by atoms with van der Waals surface area (Å²) in [5, 5.41) is 2.30. The number of aromatic nitrogens is 5. The summed E-state index contributed by atoms with van der Waals surface area (Å²) in [6.45, 7) is 6.92. The topological polar surface area (TPSA) is 80.0 Å². The minimum absolute atomic E-state index is 0.0424. The summed E-state index contributed by atoms with van der Waals surface area (Å²) in [6, 6.07) is 8.74. The number of imidazole rings is 1. The fourth-order valence-electron chi connectivity index (χ4n) is 3.87. The second-order valence-electron chi connectivity index (χ2n) is 7.75. The zero-order valence-corrected chi connectivity index (χ0v) is 18.1. The van der Waals surface area contributed by atoms with E-state index < -0.39 is 0 Å². The summed E-state index contributed by atoms with van der Waals surface area (Å²) < 4.78 is 1.78. The van der Waals surface area contributed by atoms with Crippen LogP contribution in [0.4, 0.5) is 5.82 Å². The maximum atomic E-state index is 12.4. The minimum Gasteiger partial charge on any atom is -0.352 e. The van der Waals surface area contributed by atoms with Crippen molar-refractivity contribution in [2.45, 2.75) is 20.0 Å².